The van der Waals surface area contributed by atoms with E-state index < -0.39 is 0 Å². The van der Waals surface area contributed by atoms with Gasteiger partial charge in [-0.25, -0.2) is 9.37 Å². The van der Waals surface area contributed by atoms with Crippen molar-refractivity contribution in [2.45, 2.75) is 11.7 Å². The zero-order chi connectivity index (χ0) is 16.9. The van der Waals surface area contributed by atoms with Crippen LogP contribution in [0.1, 0.15) is 27.6 Å². The molecule has 1 aromatic heterocycles. The fourth-order valence-electron chi connectivity index (χ4n) is 2.77. The lowest BCUT2D eigenvalue weighted by atomic mass is 10.1. The molecule has 1 fully saturated rings. The average molecular weight is 346 g/mol. The number of nitrogens with zero attached hydrogens (tertiary/aromatic N) is 2. The Hall–Kier alpha value is -2.08. The van der Waals surface area contributed by atoms with E-state index in [1.807, 2.05) is 17.0 Å². The number of aromatic nitrogens is 1. The van der Waals surface area contributed by atoms with Crippen LogP contribution in [0.15, 0.2) is 42.6 Å². The summed E-state index contributed by atoms with van der Waals surface area (Å²) in [4.78, 5) is 18.5. The first-order chi connectivity index (χ1) is 11.7. The summed E-state index contributed by atoms with van der Waals surface area (Å²) in [5.74, 6) is 1.06. The van der Waals surface area contributed by atoms with Crippen molar-refractivity contribution in [2.24, 2.45) is 0 Å². The Morgan fingerprint density at radius 1 is 1.29 bits per heavy atom. The number of amides is 1. The average Bonchev–Trinajstić information content (AvgIpc) is 2.88. The highest BCUT2D eigenvalue weighted by molar-refractivity contribution is 7.99. The summed E-state index contributed by atoms with van der Waals surface area (Å²) in [7, 11) is 1.54. The Morgan fingerprint density at radius 3 is 2.83 bits per heavy atom. The summed E-state index contributed by atoms with van der Waals surface area (Å²) in [5, 5.41) is 0.0815. The maximum absolute atomic E-state index is 14.0. The van der Waals surface area contributed by atoms with Crippen LogP contribution < -0.4 is 4.74 Å². The SMILES string of the molecule is COc1ccc(C(=O)N2CCSC(c3ccccc3F)CC2)cn1. The largest absolute Gasteiger partial charge is 0.481 e. The van der Waals surface area contributed by atoms with Gasteiger partial charge in [-0.2, -0.15) is 11.8 Å². The zero-order valence-corrected chi connectivity index (χ0v) is 14.3. The van der Waals surface area contributed by atoms with Gasteiger partial charge in [-0.3, -0.25) is 4.79 Å². The maximum Gasteiger partial charge on any atom is 0.255 e. The Balaban J connectivity index is 1.68. The number of benzene rings is 1. The van der Waals surface area contributed by atoms with Crippen molar-refractivity contribution in [3.63, 3.8) is 0 Å². The quantitative estimate of drug-likeness (QED) is 0.852. The van der Waals surface area contributed by atoms with Crippen LogP contribution in [0, 0.1) is 5.82 Å². The number of thioether (sulfide) groups is 1. The van der Waals surface area contributed by atoms with Gasteiger partial charge in [-0.15, -0.1) is 0 Å². The molecule has 0 aliphatic carbocycles. The molecule has 0 saturated carbocycles. The van der Waals surface area contributed by atoms with Crippen LogP contribution in [-0.2, 0) is 0 Å². The third-order valence-corrected chi connectivity index (χ3v) is 5.38. The summed E-state index contributed by atoms with van der Waals surface area (Å²) in [6.07, 6.45) is 2.27. The van der Waals surface area contributed by atoms with Crippen LogP contribution in [0.2, 0.25) is 0 Å². The molecule has 1 saturated heterocycles. The van der Waals surface area contributed by atoms with Gasteiger partial charge in [-0.1, -0.05) is 18.2 Å². The van der Waals surface area contributed by atoms with Gasteiger partial charge >= 0.3 is 0 Å². The normalized spacial score (nSPS) is 18.1. The third kappa shape index (κ3) is 3.70. The minimum atomic E-state index is -0.172. The molecule has 2 heterocycles. The molecule has 0 spiro atoms. The summed E-state index contributed by atoms with van der Waals surface area (Å²) in [6, 6.07) is 10.3. The van der Waals surface area contributed by atoms with E-state index in [2.05, 4.69) is 4.98 Å². The number of methoxy groups -OCH3 is 1. The number of rotatable bonds is 3. The number of hydrogen-bond acceptors (Lipinski definition) is 4. The molecule has 1 amide bonds. The lowest BCUT2D eigenvalue weighted by Crippen LogP contribution is -2.33. The molecular weight excluding hydrogens is 327 g/mol. The van der Waals surface area contributed by atoms with Crippen LogP contribution >= 0.6 is 11.8 Å². The van der Waals surface area contributed by atoms with E-state index in [0.717, 1.165) is 17.7 Å². The summed E-state index contributed by atoms with van der Waals surface area (Å²) < 4.78 is 19.0. The molecule has 0 radical (unpaired) electrons. The monoisotopic (exact) mass is 346 g/mol. The standard InChI is InChI=1S/C18H19FN2O2S/c1-23-17-7-6-13(12-20-17)18(22)21-9-8-16(24-11-10-21)14-4-2-3-5-15(14)19/h2-7,12,16H,8-11H2,1H3. The van der Waals surface area contributed by atoms with Crippen LogP contribution in [-0.4, -0.2) is 41.7 Å². The van der Waals surface area contributed by atoms with Crippen molar-refractivity contribution in [3.05, 3.63) is 59.5 Å². The molecular formula is C18H19FN2O2S. The number of carbonyl (C=O) groups excluding carboxylic acids is 1. The van der Waals surface area contributed by atoms with Gasteiger partial charge < -0.3 is 9.64 Å². The van der Waals surface area contributed by atoms with Gasteiger partial charge in [0.2, 0.25) is 5.88 Å². The molecule has 3 rings (SSSR count). The van der Waals surface area contributed by atoms with Crippen molar-refractivity contribution in [3.8, 4) is 5.88 Å². The van der Waals surface area contributed by atoms with Gasteiger partial charge in [0.25, 0.3) is 5.91 Å². The van der Waals surface area contributed by atoms with E-state index in [9.17, 15) is 9.18 Å². The van der Waals surface area contributed by atoms with E-state index >= 15 is 0 Å². The molecule has 6 heteroatoms. The second kappa shape index (κ2) is 7.66. The maximum atomic E-state index is 14.0. The summed E-state index contributed by atoms with van der Waals surface area (Å²) in [6.45, 7) is 1.26. The second-order valence-corrected chi connectivity index (χ2v) is 6.86. The van der Waals surface area contributed by atoms with Crippen molar-refractivity contribution >= 4 is 17.7 Å². The second-order valence-electron chi connectivity index (χ2n) is 5.55. The summed E-state index contributed by atoms with van der Waals surface area (Å²) in [5.41, 5.74) is 1.27. The molecule has 1 aliphatic heterocycles. The minimum absolute atomic E-state index is 0.0417. The predicted molar refractivity (Wildman–Crippen MR) is 92.9 cm³/mol. The lowest BCUT2D eigenvalue weighted by Gasteiger charge is -2.20. The fourth-order valence-corrected chi connectivity index (χ4v) is 4.02. The third-order valence-electron chi connectivity index (χ3n) is 4.07. The number of ether oxygens (including phenoxy) is 1. The smallest absolute Gasteiger partial charge is 0.255 e. The van der Waals surface area contributed by atoms with Gasteiger partial charge in [0.1, 0.15) is 5.82 Å². The Bertz CT molecular complexity index is 708. The number of pyridine rings is 1. The topological polar surface area (TPSA) is 42.4 Å². The number of hydrogen-bond donors (Lipinski definition) is 0. The predicted octanol–water partition coefficient (Wildman–Crippen LogP) is 3.55. The summed E-state index contributed by atoms with van der Waals surface area (Å²) >= 11 is 1.70. The van der Waals surface area contributed by atoms with E-state index in [1.54, 1.807) is 37.1 Å². The highest BCUT2D eigenvalue weighted by Crippen LogP contribution is 2.35. The molecule has 24 heavy (non-hydrogen) atoms. The van der Waals surface area contributed by atoms with E-state index in [1.165, 1.54) is 12.3 Å². The van der Waals surface area contributed by atoms with Crippen LogP contribution in [0.3, 0.4) is 0 Å². The molecule has 1 aliphatic rings. The van der Waals surface area contributed by atoms with E-state index in [-0.39, 0.29) is 17.0 Å². The molecule has 0 N–H and O–H groups in total. The van der Waals surface area contributed by atoms with Crippen LogP contribution in [0.5, 0.6) is 5.88 Å². The van der Waals surface area contributed by atoms with Crippen LogP contribution in [0.25, 0.3) is 0 Å². The first-order valence-electron chi connectivity index (χ1n) is 7.84. The molecule has 1 aromatic carbocycles. The van der Waals surface area contributed by atoms with E-state index in [4.69, 9.17) is 4.74 Å². The lowest BCUT2D eigenvalue weighted by molar-refractivity contribution is 0.0766. The van der Waals surface area contributed by atoms with Crippen LogP contribution in [0.4, 0.5) is 4.39 Å². The highest BCUT2D eigenvalue weighted by atomic mass is 32.2. The molecule has 126 valence electrons. The Kier molecular flexibility index (Phi) is 5.35. The van der Waals surface area contributed by atoms with Gasteiger partial charge in [0.15, 0.2) is 0 Å². The fraction of sp³-hybridized carbons (Fsp3) is 0.333. The van der Waals surface area contributed by atoms with Crippen molar-refractivity contribution < 1.29 is 13.9 Å². The molecule has 2 aromatic rings. The molecule has 1 atom stereocenters. The van der Waals surface area contributed by atoms with Crippen molar-refractivity contribution in [1.29, 1.82) is 0 Å². The minimum Gasteiger partial charge on any atom is -0.481 e. The number of halogens is 1. The Labute approximate surface area is 145 Å². The molecule has 4 nitrogen and oxygen atoms in total. The highest BCUT2D eigenvalue weighted by Gasteiger charge is 2.24. The Morgan fingerprint density at radius 2 is 2.12 bits per heavy atom. The van der Waals surface area contributed by atoms with Gasteiger partial charge in [0.05, 0.1) is 12.7 Å². The van der Waals surface area contributed by atoms with Gasteiger partial charge in [0, 0.05) is 41.9 Å². The molecule has 0 bridgehead atoms. The first-order valence-corrected chi connectivity index (χ1v) is 8.89. The van der Waals surface area contributed by atoms with Gasteiger partial charge in [-0.05, 0) is 18.6 Å². The molecule has 1 unspecified atom stereocenters. The first kappa shape index (κ1) is 16.8. The van der Waals surface area contributed by atoms with Crippen molar-refractivity contribution in [1.82, 2.24) is 9.88 Å². The number of carbonyl (C=O) groups is 1. The van der Waals surface area contributed by atoms with E-state index in [0.29, 0.717) is 24.5 Å². The van der Waals surface area contributed by atoms with Crippen molar-refractivity contribution in [2.75, 3.05) is 26.0 Å². The zero-order valence-electron chi connectivity index (χ0n) is 13.4.